The van der Waals surface area contributed by atoms with Crippen molar-refractivity contribution in [2.45, 2.75) is 31.2 Å². The minimum atomic E-state index is -3.54. The van der Waals surface area contributed by atoms with Gasteiger partial charge < -0.3 is 5.32 Å². The van der Waals surface area contributed by atoms with Crippen molar-refractivity contribution in [2.75, 3.05) is 13.1 Å². The number of hydrogen-bond donors (Lipinski definition) is 1. The maximum Gasteiger partial charge on any atom is 0.244 e. The first-order valence-corrected chi connectivity index (χ1v) is 10.0. The number of amides is 1. The lowest BCUT2D eigenvalue weighted by Gasteiger charge is -2.30. The molecule has 0 aliphatic carbocycles. The number of nitrogens with zero attached hydrogens (tertiary/aromatic N) is 3. The van der Waals surface area contributed by atoms with E-state index in [-0.39, 0.29) is 16.7 Å². The lowest BCUT2D eigenvalue weighted by Crippen LogP contribution is -2.42. The molecule has 1 amide bonds. The van der Waals surface area contributed by atoms with Gasteiger partial charge in [0.25, 0.3) is 0 Å². The molecule has 0 saturated carbocycles. The van der Waals surface area contributed by atoms with Crippen molar-refractivity contribution in [3.8, 4) is 0 Å². The number of rotatable bonds is 5. The van der Waals surface area contributed by atoms with E-state index in [1.54, 1.807) is 12.3 Å². The molecule has 2 aromatic rings. The Labute approximate surface area is 153 Å². The van der Waals surface area contributed by atoms with Crippen LogP contribution >= 0.6 is 0 Å². The van der Waals surface area contributed by atoms with Crippen molar-refractivity contribution < 1.29 is 13.2 Å². The number of piperidine rings is 1. The molecular formula is C18H22N4O3S. The Balaban J connectivity index is 1.54. The van der Waals surface area contributed by atoms with Crippen LogP contribution in [0.2, 0.25) is 0 Å². The number of pyridine rings is 2. The Morgan fingerprint density at radius 3 is 2.65 bits per heavy atom. The molecule has 3 rings (SSSR count). The van der Waals surface area contributed by atoms with Crippen molar-refractivity contribution in [3.05, 3.63) is 54.1 Å². The predicted molar refractivity (Wildman–Crippen MR) is 96.5 cm³/mol. The maximum absolute atomic E-state index is 12.6. The van der Waals surface area contributed by atoms with E-state index in [0.29, 0.717) is 32.5 Å². The lowest BCUT2D eigenvalue weighted by molar-refractivity contribution is -0.126. The summed E-state index contributed by atoms with van der Waals surface area (Å²) in [6.45, 7) is 2.95. The molecule has 26 heavy (non-hydrogen) atoms. The minimum absolute atomic E-state index is 0.0493. The van der Waals surface area contributed by atoms with Gasteiger partial charge in [0.1, 0.15) is 4.90 Å². The van der Waals surface area contributed by atoms with Crippen LogP contribution in [0, 0.1) is 12.8 Å². The highest BCUT2D eigenvalue weighted by molar-refractivity contribution is 7.89. The zero-order chi connectivity index (χ0) is 18.6. The molecule has 1 fully saturated rings. The summed E-state index contributed by atoms with van der Waals surface area (Å²) in [6.07, 6.45) is 3.90. The third-order valence-electron chi connectivity index (χ3n) is 4.49. The van der Waals surface area contributed by atoms with Crippen molar-refractivity contribution in [3.63, 3.8) is 0 Å². The van der Waals surface area contributed by atoms with Gasteiger partial charge in [-0.05, 0) is 44.0 Å². The van der Waals surface area contributed by atoms with Gasteiger partial charge in [0.2, 0.25) is 15.9 Å². The molecule has 1 aliphatic rings. The SMILES string of the molecule is Cc1cccc(CNC(=O)C2CCN(S(=O)(=O)c3cccnc3)CC2)n1. The van der Waals surface area contributed by atoms with Crippen LogP contribution in [0.4, 0.5) is 0 Å². The molecule has 0 atom stereocenters. The van der Waals surface area contributed by atoms with E-state index in [0.717, 1.165) is 11.4 Å². The maximum atomic E-state index is 12.6. The van der Waals surface area contributed by atoms with Crippen LogP contribution in [0.1, 0.15) is 24.2 Å². The van der Waals surface area contributed by atoms with Gasteiger partial charge in [0.05, 0.1) is 12.2 Å². The third kappa shape index (κ3) is 4.25. The first kappa shape index (κ1) is 18.5. The van der Waals surface area contributed by atoms with Crippen LogP contribution in [0.5, 0.6) is 0 Å². The lowest BCUT2D eigenvalue weighted by atomic mass is 9.97. The zero-order valence-corrected chi connectivity index (χ0v) is 15.4. The average molecular weight is 374 g/mol. The van der Waals surface area contributed by atoms with Crippen LogP contribution in [0.25, 0.3) is 0 Å². The van der Waals surface area contributed by atoms with E-state index < -0.39 is 10.0 Å². The standard InChI is InChI=1S/C18H22N4O3S/c1-14-4-2-5-16(21-14)12-20-18(23)15-7-10-22(11-8-15)26(24,25)17-6-3-9-19-13-17/h2-6,9,13,15H,7-8,10-12H2,1H3,(H,20,23). The Morgan fingerprint density at radius 1 is 1.23 bits per heavy atom. The number of carbonyl (C=O) groups excluding carboxylic acids is 1. The summed E-state index contributed by atoms with van der Waals surface area (Å²) in [5.74, 6) is -0.230. The quantitative estimate of drug-likeness (QED) is 0.856. The Bertz CT molecular complexity index is 863. The van der Waals surface area contributed by atoms with Crippen LogP contribution in [-0.2, 0) is 21.4 Å². The van der Waals surface area contributed by atoms with Crippen molar-refractivity contribution in [1.29, 1.82) is 0 Å². The van der Waals surface area contributed by atoms with E-state index in [4.69, 9.17) is 0 Å². The number of carbonyl (C=O) groups is 1. The number of hydrogen-bond acceptors (Lipinski definition) is 5. The van der Waals surface area contributed by atoms with Crippen molar-refractivity contribution in [2.24, 2.45) is 5.92 Å². The smallest absolute Gasteiger partial charge is 0.244 e. The molecular weight excluding hydrogens is 352 g/mol. The Hall–Kier alpha value is -2.32. The fraction of sp³-hybridized carbons (Fsp3) is 0.389. The van der Waals surface area contributed by atoms with Gasteiger partial charge >= 0.3 is 0 Å². The van der Waals surface area contributed by atoms with Crippen LogP contribution in [0.15, 0.2) is 47.6 Å². The summed E-state index contributed by atoms with van der Waals surface area (Å²) in [5, 5.41) is 2.90. The van der Waals surface area contributed by atoms with Crippen molar-refractivity contribution in [1.82, 2.24) is 19.6 Å². The number of aromatic nitrogens is 2. The molecule has 1 N–H and O–H groups in total. The predicted octanol–water partition coefficient (Wildman–Crippen LogP) is 1.50. The molecule has 1 aliphatic heterocycles. The van der Waals surface area contributed by atoms with E-state index in [1.807, 2.05) is 25.1 Å². The van der Waals surface area contributed by atoms with E-state index in [2.05, 4.69) is 15.3 Å². The van der Waals surface area contributed by atoms with E-state index >= 15 is 0 Å². The minimum Gasteiger partial charge on any atom is -0.350 e. The molecule has 3 heterocycles. The molecule has 0 spiro atoms. The Morgan fingerprint density at radius 2 is 2.00 bits per heavy atom. The van der Waals surface area contributed by atoms with Crippen LogP contribution in [-0.4, -0.2) is 41.7 Å². The summed E-state index contributed by atoms with van der Waals surface area (Å²) in [7, 11) is -3.54. The molecule has 2 aromatic heterocycles. The molecule has 0 radical (unpaired) electrons. The fourth-order valence-electron chi connectivity index (χ4n) is 3.03. The Kier molecular flexibility index (Phi) is 5.63. The topological polar surface area (TPSA) is 92.3 Å². The normalized spacial score (nSPS) is 16.3. The highest BCUT2D eigenvalue weighted by Crippen LogP contribution is 2.23. The van der Waals surface area contributed by atoms with Gasteiger partial charge in [-0.1, -0.05) is 6.07 Å². The van der Waals surface area contributed by atoms with E-state index in [9.17, 15) is 13.2 Å². The second-order valence-corrected chi connectivity index (χ2v) is 8.29. The summed E-state index contributed by atoms with van der Waals surface area (Å²) in [5.41, 5.74) is 1.72. The largest absolute Gasteiger partial charge is 0.350 e. The van der Waals surface area contributed by atoms with Gasteiger partial charge in [0.15, 0.2) is 0 Å². The fourth-order valence-corrected chi connectivity index (χ4v) is 4.46. The van der Waals surface area contributed by atoms with Gasteiger partial charge in [-0.25, -0.2) is 8.42 Å². The highest BCUT2D eigenvalue weighted by Gasteiger charge is 2.32. The summed E-state index contributed by atoms with van der Waals surface area (Å²) >= 11 is 0. The summed E-state index contributed by atoms with van der Waals surface area (Å²) < 4.78 is 26.6. The van der Waals surface area contributed by atoms with Gasteiger partial charge in [-0.15, -0.1) is 0 Å². The average Bonchev–Trinajstić information content (AvgIpc) is 2.67. The van der Waals surface area contributed by atoms with Crippen molar-refractivity contribution >= 4 is 15.9 Å². The first-order valence-electron chi connectivity index (χ1n) is 8.57. The number of nitrogens with one attached hydrogen (secondary N) is 1. The molecule has 7 nitrogen and oxygen atoms in total. The molecule has 0 aromatic carbocycles. The van der Waals surface area contributed by atoms with Crippen LogP contribution in [0.3, 0.4) is 0 Å². The monoisotopic (exact) mass is 374 g/mol. The molecule has 8 heteroatoms. The van der Waals surface area contributed by atoms with Gasteiger partial charge in [-0.2, -0.15) is 4.31 Å². The zero-order valence-electron chi connectivity index (χ0n) is 14.6. The highest BCUT2D eigenvalue weighted by atomic mass is 32.2. The molecule has 1 saturated heterocycles. The third-order valence-corrected chi connectivity index (χ3v) is 6.37. The van der Waals surface area contributed by atoms with Gasteiger partial charge in [-0.3, -0.25) is 14.8 Å². The number of sulfonamides is 1. The molecule has 0 bridgehead atoms. The summed E-state index contributed by atoms with van der Waals surface area (Å²) in [6, 6.07) is 8.83. The van der Waals surface area contributed by atoms with Crippen LogP contribution < -0.4 is 5.32 Å². The van der Waals surface area contributed by atoms with Gasteiger partial charge in [0, 0.05) is 37.1 Å². The first-order chi connectivity index (χ1) is 12.5. The van der Waals surface area contributed by atoms with E-state index in [1.165, 1.54) is 16.6 Å². The second kappa shape index (κ2) is 7.92. The summed E-state index contributed by atoms with van der Waals surface area (Å²) in [4.78, 5) is 20.8. The second-order valence-electron chi connectivity index (χ2n) is 6.36. The molecule has 0 unspecified atom stereocenters. The number of aryl methyl sites for hydroxylation is 1. The molecule has 138 valence electrons.